The minimum Gasteiger partial charge on any atom is -0.482 e. The Bertz CT molecular complexity index is 1690. The van der Waals surface area contributed by atoms with Gasteiger partial charge in [0.25, 0.3) is 0 Å². The summed E-state index contributed by atoms with van der Waals surface area (Å²) in [6, 6.07) is 23.5. The molecule has 0 spiro atoms. The second kappa shape index (κ2) is 8.46. The van der Waals surface area contributed by atoms with Gasteiger partial charge in [-0.1, -0.05) is 12.1 Å². The highest BCUT2D eigenvalue weighted by Crippen LogP contribution is 2.31. The van der Waals surface area contributed by atoms with E-state index in [0.717, 1.165) is 56.0 Å². The zero-order chi connectivity index (χ0) is 23.8. The van der Waals surface area contributed by atoms with Crippen molar-refractivity contribution in [2.75, 3.05) is 6.61 Å². The number of hydrogen-bond donors (Lipinski definition) is 3. The number of aromatic nitrogens is 4. The van der Waals surface area contributed by atoms with Crippen LogP contribution in [0.15, 0.2) is 72.8 Å². The second-order valence-electron chi connectivity index (χ2n) is 8.30. The maximum Gasteiger partial charge on any atom is 0.341 e. The summed E-state index contributed by atoms with van der Waals surface area (Å²) in [5.74, 6) is -0.535. The largest absolute Gasteiger partial charge is 0.482 e. The Hall–Kier alpha value is -4.91. The van der Waals surface area contributed by atoms with Crippen molar-refractivity contribution >= 4 is 51.8 Å². The first-order valence-electron chi connectivity index (χ1n) is 11.1. The Balaban J connectivity index is 1.53. The van der Waals surface area contributed by atoms with Crippen LogP contribution in [0.4, 0.5) is 0 Å². The van der Waals surface area contributed by atoms with Gasteiger partial charge in [-0.2, -0.15) is 0 Å². The molecule has 0 aliphatic carbocycles. The average Bonchev–Trinajstić information content (AvgIpc) is 3.63. The van der Waals surface area contributed by atoms with E-state index in [-0.39, 0.29) is 0 Å². The Morgan fingerprint density at radius 1 is 0.771 bits per heavy atom. The molecular formula is C28H20N4O3. The van der Waals surface area contributed by atoms with Crippen LogP contribution >= 0.6 is 0 Å². The molecule has 2 aliphatic rings. The molecule has 0 radical (unpaired) electrons. The van der Waals surface area contributed by atoms with Crippen molar-refractivity contribution in [3.8, 4) is 5.75 Å². The van der Waals surface area contributed by atoms with Crippen LogP contribution < -0.4 is 4.74 Å². The first-order valence-corrected chi connectivity index (χ1v) is 11.1. The van der Waals surface area contributed by atoms with E-state index in [2.05, 4.69) is 16.0 Å². The SMILES string of the molecule is O=C(O)COc1cccc(C2=Cc3cc4ccc(cc5ccc(cc6nc(cc2n3)C=C6)[nH]5)[nH]4)c1. The number of rotatable bonds is 4. The van der Waals surface area contributed by atoms with E-state index in [1.165, 1.54) is 0 Å². The number of aliphatic carboxylic acids is 1. The van der Waals surface area contributed by atoms with E-state index in [1.54, 1.807) is 6.07 Å². The van der Waals surface area contributed by atoms with Gasteiger partial charge in [-0.15, -0.1) is 0 Å². The molecule has 0 saturated carbocycles. The number of carboxylic acid groups (broad SMARTS) is 1. The predicted octanol–water partition coefficient (Wildman–Crippen LogP) is 5.54. The Morgan fingerprint density at radius 3 is 2.14 bits per heavy atom. The quantitative estimate of drug-likeness (QED) is 0.321. The second-order valence-corrected chi connectivity index (χ2v) is 8.30. The van der Waals surface area contributed by atoms with E-state index < -0.39 is 12.6 Å². The summed E-state index contributed by atoms with van der Waals surface area (Å²) in [5.41, 5.74) is 8.87. The summed E-state index contributed by atoms with van der Waals surface area (Å²) in [5, 5.41) is 8.94. The molecule has 5 heterocycles. The van der Waals surface area contributed by atoms with E-state index in [4.69, 9.17) is 19.8 Å². The van der Waals surface area contributed by atoms with Gasteiger partial charge < -0.3 is 19.8 Å². The minimum absolute atomic E-state index is 0.397. The molecule has 0 unspecified atom stereocenters. The third-order valence-corrected chi connectivity index (χ3v) is 5.67. The van der Waals surface area contributed by atoms with Gasteiger partial charge in [0.05, 0.1) is 22.8 Å². The number of carboxylic acids is 1. The van der Waals surface area contributed by atoms with Crippen LogP contribution in [0, 0.1) is 0 Å². The summed E-state index contributed by atoms with van der Waals surface area (Å²) in [7, 11) is 0. The van der Waals surface area contributed by atoms with Gasteiger partial charge >= 0.3 is 5.97 Å². The van der Waals surface area contributed by atoms with E-state index in [9.17, 15) is 4.79 Å². The molecule has 4 aromatic rings. The maximum absolute atomic E-state index is 10.9. The summed E-state index contributed by atoms with van der Waals surface area (Å²) in [4.78, 5) is 27.3. The molecular weight excluding hydrogens is 440 g/mol. The van der Waals surface area contributed by atoms with Crippen molar-refractivity contribution in [2.24, 2.45) is 0 Å². The third kappa shape index (κ3) is 4.47. The van der Waals surface area contributed by atoms with Crippen LogP contribution in [0.1, 0.15) is 28.3 Å². The molecule has 7 nitrogen and oxygen atoms in total. The molecule has 8 bridgehead atoms. The van der Waals surface area contributed by atoms with Crippen LogP contribution in [0.2, 0.25) is 0 Å². The zero-order valence-corrected chi connectivity index (χ0v) is 18.5. The number of nitrogens with one attached hydrogen (secondary N) is 2. The Morgan fingerprint density at radius 2 is 1.43 bits per heavy atom. The number of H-pyrrole nitrogens is 2. The zero-order valence-electron chi connectivity index (χ0n) is 18.5. The summed E-state index contributed by atoms with van der Waals surface area (Å²) in [6.45, 7) is -0.397. The number of carbonyl (C=O) groups is 1. The number of aromatic amines is 2. The van der Waals surface area contributed by atoms with Crippen molar-refractivity contribution < 1.29 is 14.6 Å². The normalized spacial score (nSPS) is 12.4. The van der Waals surface area contributed by atoms with Crippen molar-refractivity contribution in [1.82, 2.24) is 19.9 Å². The lowest BCUT2D eigenvalue weighted by molar-refractivity contribution is -0.139. The number of benzene rings is 1. The van der Waals surface area contributed by atoms with Crippen LogP contribution in [0.25, 0.3) is 45.9 Å². The highest BCUT2D eigenvalue weighted by molar-refractivity contribution is 5.93. The van der Waals surface area contributed by atoms with Crippen LogP contribution in [0.5, 0.6) is 5.75 Å². The van der Waals surface area contributed by atoms with Crippen molar-refractivity contribution in [3.63, 3.8) is 0 Å². The standard InChI is InChI=1S/C28H20N4O3/c33-28(34)16-35-25-3-1-2-17(10-25)26-14-24-13-22-7-6-20(30-22)11-18-4-5-19(29-18)12-21-8-9-23(31-21)15-27(26)32-24/h1-15,29-30H,16H2,(H,33,34). The van der Waals surface area contributed by atoms with Crippen molar-refractivity contribution in [1.29, 1.82) is 0 Å². The number of ether oxygens (including phenoxy) is 1. The number of nitrogens with zero attached hydrogens (tertiary/aromatic N) is 2. The summed E-state index contributed by atoms with van der Waals surface area (Å²) < 4.78 is 5.39. The average molecular weight is 460 g/mol. The summed E-state index contributed by atoms with van der Waals surface area (Å²) in [6.07, 6.45) is 5.95. The van der Waals surface area contributed by atoms with Crippen LogP contribution in [-0.2, 0) is 4.79 Å². The van der Waals surface area contributed by atoms with Crippen molar-refractivity contribution in [3.05, 3.63) is 101 Å². The highest BCUT2D eigenvalue weighted by Gasteiger charge is 2.14. The smallest absolute Gasteiger partial charge is 0.341 e. The van der Waals surface area contributed by atoms with Crippen molar-refractivity contribution in [2.45, 2.75) is 0 Å². The van der Waals surface area contributed by atoms with Gasteiger partial charge in [0.1, 0.15) is 5.75 Å². The van der Waals surface area contributed by atoms with Crippen LogP contribution in [0.3, 0.4) is 0 Å². The summed E-state index contributed by atoms with van der Waals surface area (Å²) >= 11 is 0. The minimum atomic E-state index is -1.02. The molecule has 0 atom stereocenters. The predicted molar refractivity (Wildman–Crippen MR) is 136 cm³/mol. The molecule has 2 aliphatic heterocycles. The molecule has 6 rings (SSSR count). The fraction of sp³-hybridized carbons (Fsp3) is 0.0357. The van der Waals surface area contributed by atoms with Gasteiger partial charge in [0, 0.05) is 27.6 Å². The van der Waals surface area contributed by atoms with Gasteiger partial charge in [0.15, 0.2) is 6.61 Å². The van der Waals surface area contributed by atoms with Gasteiger partial charge in [-0.05, 0) is 84.5 Å². The first-order chi connectivity index (χ1) is 17.1. The topological polar surface area (TPSA) is 104 Å². The first kappa shape index (κ1) is 20.7. The van der Waals surface area contributed by atoms with E-state index >= 15 is 0 Å². The molecule has 0 saturated heterocycles. The third-order valence-electron chi connectivity index (χ3n) is 5.67. The lowest BCUT2D eigenvalue weighted by Gasteiger charge is -2.07. The van der Waals surface area contributed by atoms with Gasteiger partial charge in [-0.25, -0.2) is 14.8 Å². The lowest BCUT2D eigenvalue weighted by atomic mass is 10.0. The Kier molecular flexibility index (Phi) is 5.00. The molecule has 3 N–H and O–H groups in total. The van der Waals surface area contributed by atoms with E-state index in [1.807, 2.05) is 78.9 Å². The fourth-order valence-corrected chi connectivity index (χ4v) is 4.14. The molecule has 35 heavy (non-hydrogen) atoms. The molecule has 0 fully saturated rings. The van der Waals surface area contributed by atoms with Crippen LogP contribution in [-0.4, -0.2) is 37.6 Å². The van der Waals surface area contributed by atoms with Gasteiger partial charge in [-0.3, -0.25) is 0 Å². The molecule has 3 aromatic heterocycles. The van der Waals surface area contributed by atoms with Gasteiger partial charge in [0.2, 0.25) is 0 Å². The highest BCUT2D eigenvalue weighted by atomic mass is 16.5. The number of hydrogen-bond acceptors (Lipinski definition) is 4. The fourth-order valence-electron chi connectivity index (χ4n) is 4.14. The number of fused-ring (bicyclic) bond motifs is 8. The lowest BCUT2D eigenvalue weighted by Crippen LogP contribution is -2.09. The molecule has 0 amide bonds. The Labute approximate surface area is 200 Å². The maximum atomic E-state index is 10.9. The molecule has 1 aromatic carbocycles. The van der Waals surface area contributed by atoms with E-state index in [0.29, 0.717) is 5.75 Å². The molecule has 7 heteroatoms. The molecule has 170 valence electrons. The monoisotopic (exact) mass is 460 g/mol.